The van der Waals surface area contributed by atoms with E-state index in [0.29, 0.717) is 17.6 Å². The van der Waals surface area contributed by atoms with Crippen LogP contribution in [0.15, 0.2) is 29.2 Å². The molecular formula is C14H21NOS. The van der Waals surface area contributed by atoms with Crippen molar-refractivity contribution in [2.75, 3.05) is 5.75 Å². The van der Waals surface area contributed by atoms with Crippen LogP contribution in [0.3, 0.4) is 0 Å². The van der Waals surface area contributed by atoms with Crippen LogP contribution in [0.25, 0.3) is 0 Å². The minimum Gasteiger partial charge on any atom is -0.327 e. The second-order valence-corrected chi connectivity index (χ2v) is 6.73. The summed E-state index contributed by atoms with van der Waals surface area (Å²) in [5, 5.41) is 0. The number of rotatable bonds is 5. The summed E-state index contributed by atoms with van der Waals surface area (Å²) in [4.78, 5) is 0.908. The van der Waals surface area contributed by atoms with Crippen molar-refractivity contribution in [1.82, 2.24) is 0 Å². The van der Waals surface area contributed by atoms with Gasteiger partial charge >= 0.3 is 0 Å². The molecule has 0 heterocycles. The van der Waals surface area contributed by atoms with Crippen LogP contribution in [-0.2, 0) is 10.8 Å². The maximum Gasteiger partial charge on any atom is 0.0545 e. The average Bonchev–Trinajstić information content (AvgIpc) is 3.12. The van der Waals surface area contributed by atoms with Crippen molar-refractivity contribution in [3.63, 3.8) is 0 Å². The quantitative estimate of drug-likeness (QED) is 0.874. The Hall–Kier alpha value is -0.670. The topological polar surface area (TPSA) is 43.1 Å². The summed E-state index contributed by atoms with van der Waals surface area (Å²) in [5.41, 5.74) is 7.29. The van der Waals surface area contributed by atoms with Gasteiger partial charge in [-0.05, 0) is 42.4 Å². The Morgan fingerprint density at radius 3 is 2.35 bits per heavy atom. The van der Waals surface area contributed by atoms with Gasteiger partial charge in [-0.1, -0.05) is 26.0 Å². The van der Waals surface area contributed by atoms with Crippen LogP contribution in [0.5, 0.6) is 0 Å². The van der Waals surface area contributed by atoms with Crippen LogP contribution in [0.4, 0.5) is 0 Å². The molecule has 0 aromatic heterocycles. The minimum absolute atomic E-state index is 0.112. The Balaban J connectivity index is 1.98. The maximum atomic E-state index is 12.1. The zero-order valence-electron chi connectivity index (χ0n) is 10.6. The van der Waals surface area contributed by atoms with Crippen molar-refractivity contribution in [2.45, 2.75) is 43.5 Å². The van der Waals surface area contributed by atoms with Gasteiger partial charge < -0.3 is 5.73 Å². The molecule has 94 valence electrons. The van der Waals surface area contributed by atoms with Gasteiger partial charge in [-0.3, -0.25) is 4.21 Å². The lowest BCUT2D eigenvalue weighted by molar-refractivity contribution is 0.634. The largest absolute Gasteiger partial charge is 0.327 e. The number of hydrogen-bond donors (Lipinski definition) is 1. The molecule has 1 aromatic rings. The fourth-order valence-corrected chi connectivity index (χ4v) is 3.19. The van der Waals surface area contributed by atoms with Crippen LogP contribution in [0.1, 0.15) is 38.2 Å². The van der Waals surface area contributed by atoms with Crippen molar-refractivity contribution in [2.24, 2.45) is 11.7 Å². The van der Waals surface area contributed by atoms with Crippen LogP contribution < -0.4 is 5.73 Å². The fraction of sp³-hybridized carbons (Fsp3) is 0.571. The second kappa shape index (κ2) is 5.32. The molecular weight excluding hydrogens is 230 g/mol. The molecule has 2 atom stereocenters. The predicted octanol–water partition coefficient (Wildman–Crippen LogP) is 2.65. The van der Waals surface area contributed by atoms with Crippen molar-refractivity contribution >= 4 is 10.8 Å². The van der Waals surface area contributed by atoms with Crippen LogP contribution in [0.2, 0.25) is 0 Å². The lowest BCUT2D eigenvalue weighted by Crippen LogP contribution is -2.29. The summed E-state index contributed by atoms with van der Waals surface area (Å²) >= 11 is 0. The molecule has 2 unspecified atom stereocenters. The third-order valence-electron chi connectivity index (χ3n) is 3.38. The Morgan fingerprint density at radius 1 is 1.29 bits per heavy atom. The molecule has 0 amide bonds. The van der Waals surface area contributed by atoms with E-state index in [4.69, 9.17) is 5.73 Å². The molecule has 0 radical (unpaired) electrons. The summed E-state index contributed by atoms with van der Waals surface area (Å²) in [6.45, 7) is 4.32. The van der Waals surface area contributed by atoms with Gasteiger partial charge in [0.05, 0.1) is 10.8 Å². The molecule has 0 spiro atoms. The normalized spacial score (nSPS) is 19.3. The van der Waals surface area contributed by atoms with E-state index in [-0.39, 0.29) is 6.04 Å². The van der Waals surface area contributed by atoms with E-state index in [0.717, 1.165) is 4.90 Å². The van der Waals surface area contributed by atoms with E-state index < -0.39 is 10.8 Å². The molecule has 0 aliphatic heterocycles. The third-order valence-corrected chi connectivity index (χ3v) is 4.87. The van der Waals surface area contributed by atoms with E-state index in [1.54, 1.807) is 0 Å². The number of hydrogen-bond acceptors (Lipinski definition) is 2. The molecule has 0 saturated heterocycles. The number of nitrogens with two attached hydrogens (primary N) is 1. The zero-order chi connectivity index (χ0) is 12.4. The SMILES string of the molecule is CC(C)c1ccc(S(=O)CC(N)C2CC2)cc1. The van der Waals surface area contributed by atoms with Crippen LogP contribution in [-0.4, -0.2) is 16.0 Å². The van der Waals surface area contributed by atoms with Gasteiger partial charge in [0.1, 0.15) is 0 Å². The first kappa shape index (κ1) is 12.8. The standard InChI is InChI=1S/C14H21NOS/c1-10(2)11-5-7-13(8-6-11)17(16)9-14(15)12-3-4-12/h5-8,10,12,14H,3-4,9,15H2,1-2H3. The van der Waals surface area contributed by atoms with Crippen molar-refractivity contribution in [3.8, 4) is 0 Å². The summed E-state index contributed by atoms with van der Waals surface area (Å²) in [6.07, 6.45) is 2.43. The van der Waals surface area contributed by atoms with E-state index in [1.165, 1.54) is 18.4 Å². The molecule has 1 fully saturated rings. The molecule has 17 heavy (non-hydrogen) atoms. The van der Waals surface area contributed by atoms with Gasteiger partial charge in [0.15, 0.2) is 0 Å². The van der Waals surface area contributed by atoms with E-state index >= 15 is 0 Å². The van der Waals surface area contributed by atoms with Crippen LogP contribution >= 0.6 is 0 Å². The van der Waals surface area contributed by atoms with Gasteiger partial charge in [0, 0.05) is 16.7 Å². The molecule has 1 aliphatic rings. The Kier molecular flexibility index (Phi) is 4.00. The molecule has 1 saturated carbocycles. The zero-order valence-corrected chi connectivity index (χ0v) is 11.4. The second-order valence-electron chi connectivity index (χ2n) is 5.24. The molecule has 1 aliphatic carbocycles. The average molecular weight is 251 g/mol. The first-order valence-corrected chi connectivity index (χ1v) is 7.63. The third kappa shape index (κ3) is 3.39. The van der Waals surface area contributed by atoms with Crippen molar-refractivity contribution in [1.29, 1.82) is 0 Å². The Labute approximate surface area is 106 Å². The van der Waals surface area contributed by atoms with Gasteiger partial charge in [0.2, 0.25) is 0 Å². The summed E-state index contributed by atoms with van der Waals surface area (Å²) in [7, 11) is -0.941. The first-order chi connectivity index (χ1) is 8.08. The first-order valence-electron chi connectivity index (χ1n) is 6.32. The van der Waals surface area contributed by atoms with E-state index in [9.17, 15) is 4.21 Å². The van der Waals surface area contributed by atoms with Gasteiger partial charge in [-0.2, -0.15) is 0 Å². The summed E-state index contributed by atoms with van der Waals surface area (Å²) in [5.74, 6) is 1.74. The summed E-state index contributed by atoms with van der Waals surface area (Å²) < 4.78 is 12.1. The fourth-order valence-electron chi connectivity index (χ4n) is 1.94. The lowest BCUT2D eigenvalue weighted by atomic mass is 10.0. The highest BCUT2D eigenvalue weighted by Gasteiger charge is 2.29. The Bertz CT molecular complexity index is 395. The lowest BCUT2D eigenvalue weighted by Gasteiger charge is -2.11. The molecule has 2 nitrogen and oxygen atoms in total. The molecule has 2 rings (SSSR count). The van der Waals surface area contributed by atoms with E-state index in [2.05, 4.69) is 26.0 Å². The Morgan fingerprint density at radius 2 is 1.88 bits per heavy atom. The van der Waals surface area contributed by atoms with Crippen LogP contribution in [0, 0.1) is 5.92 Å². The van der Waals surface area contributed by atoms with E-state index in [1.807, 2.05) is 12.1 Å². The smallest absolute Gasteiger partial charge is 0.0545 e. The van der Waals surface area contributed by atoms with Crippen molar-refractivity contribution in [3.05, 3.63) is 29.8 Å². The highest BCUT2D eigenvalue weighted by molar-refractivity contribution is 7.85. The molecule has 1 aromatic carbocycles. The maximum absolute atomic E-state index is 12.1. The highest BCUT2D eigenvalue weighted by Crippen LogP contribution is 2.32. The summed E-state index contributed by atoms with van der Waals surface area (Å²) in [6, 6.07) is 8.21. The predicted molar refractivity (Wildman–Crippen MR) is 72.5 cm³/mol. The molecule has 3 heteroatoms. The van der Waals surface area contributed by atoms with Gasteiger partial charge in [0.25, 0.3) is 0 Å². The van der Waals surface area contributed by atoms with Gasteiger partial charge in [-0.25, -0.2) is 0 Å². The minimum atomic E-state index is -0.941. The molecule has 2 N–H and O–H groups in total. The molecule has 0 bridgehead atoms. The monoisotopic (exact) mass is 251 g/mol. The van der Waals surface area contributed by atoms with Gasteiger partial charge in [-0.15, -0.1) is 0 Å². The highest BCUT2D eigenvalue weighted by atomic mass is 32.2. The number of benzene rings is 1. The van der Waals surface area contributed by atoms with Crippen molar-refractivity contribution < 1.29 is 4.21 Å².